The SMILES string of the molecule is CC(C)NCc1ccc(S(=O)(=O)N(C)C(C)C2CC2)s1. The number of hydrogen-bond acceptors (Lipinski definition) is 4. The van der Waals surface area contributed by atoms with E-state index in [9.17, 15) is 8.42 Å². The van der Waals surface area contributed by atoms with Gasteiger partial charge in [0.2, 0.25) is 0 Å². The quantitative estimate of drug-likeness (QED) is 0.841. The second-order valence-corrected chi connectivity index (χ2v) is 9.25. The molecule has 20 heavy (non-hydrogen) atoms. The molecule has 1 saturated carbocycles. The lowest BCUT2D eigenvalue weighted by atomic mass is 10.2. The van der Waals surface area contributed by atoms with E-state index in [0.717, 1.165) is 24.3 Å². The van der Waals surface area contributed by atoms with Gasteiger partial charge in [-0.25, -0.2) is 8.42 Å². The molecule has 0 aromatic carbocycles. The Morgan fingerprint density at radius 2 is 2.00 bits per heavy atom. The number of hydrogen-bond donors (Lipinski definition) is 1. The van der Waals surface area contributed by atoms with Crippen molar-refractivity contribution in [1.82, 2.24) is 9.62 Å². The highest BCUT2D eigenvalue weighted by Gasteiger charge is 2.36. The van der Waals surface area contributed by atoms with Crippen molar-refractivity contribution in [2.45, 2.75) is 56.5 Å². The highest BCUT2D eigenvalue weighted by molar-refractivity contribution is 7.91. The topological polar surface area (TPSA) is 49.4 Å². The lowest BCUT2D eigenvalue weighted by molar-refractivity contribution is 0.358. The molecule has 1 aliphatic rings. The lowest BCUT2D eigenvalue weighted by Crippen LogP contribution is -2.36. The summed E-state index contributed by atoms with van der Waals surface area (Å²) in [5, 5.41) is 3.31. The van der Waals surface area contributed by atoms with Crippen LogP contribution >= 0.6 is 11.3 Å². The summed E-state index contributed by atoms with van der Waals surface area (Å²) >= 11 is 1.37. The van der Waals surface area contributed by atoms with E-state index in [0.29, 0.717) is 16.2 Å². The van der Waals surface area contributed by atoms with Crippen LogP contribution < -0.4 is 5.32 Å². The standard InChI is InChI=1S/C14H24N2O2S2/c1-10(2)15-9-13-7-8-14(19-13)20(17,18)16(4)11(3)12-5-6-12/h7-8,10-12,15H,5-6,9H2,1-4H3. The highest BCUT2D eigenvalue weighted by Crippen LogP contribution is 2.37. The third-order valence-corrected chi connectivity index (χ3v) is 7.33. The van der Waals surface area contributed by atoms with Crippen LogP contribution in [-0.2, 0) is 16.6 Å². The van der Waals surface area contributed by atoms with Gasteiger partial charge in [-0.3, -0.25) is 0 Å². The van der Waals surface area contributed by atoms with Gasteiger partial charge >= 0.3 is 0 Å². The van der Waals surface area contributed by atoms with Crippen LogP contribution in [0, 0.1) is 5.92 Å². The van der Waals surface area contributed by atoms with Crippen LogP contribution in [0.4, 0.5) is 0 Å². The van der Waals surface area contributed by atoms with Crippen molar-refractivity contribution in [2.24, 2.45) is 5.92 Å². The van der Waals surface area contributed by atoms with Crippen molar-refractivity contribution in [3.8, 4) is 0 Å². The van der Waals surface area contributed by atoms with Gasteiger partial charge in [0.05, 0.1) is 0 Å². The number of thiophene rings is 1. The molecule has 1 N–H and O–H groups in total. The summed E-state index contributed by atoms with van der Waals surface area (Å²) in [6.45, 7) is 6.89. The average molecular weight is 316 g/mol. The van der Waals surface area contributed by atoms with E-state index in [1.165, 1.54) is 15.6 Å². The van der Waals surface area contributed by atoms with E-state index in [4.69, 9.17) is 0 Å². The zero-order valence-corrected chi connectivity index (χ0v) is 14.2. The van der Waals surface area contributed by atoms with Gasteiger partial charge in [-0.1, -0.05) is 13.8 Å². The van der Waals surface area contributed by atoms with E-state index in [-0.39, 0.29) is 6.04 Å². The van der Waals surface area contributed by atoms with Crippen molar-refractivity contribution in [3.05, 3.63) is 17.0 Å². The fourth-order valence-corrected chi connectivity index (χ4v) is 5.05. The average Bonchev–Trinajstić information content (AvgIpc) is 3.12. The molecule has 1 unspecified atom stereocenters. The molecule has 1 atom stereocenters. The van der Waals surface area contributed by atoms with Crippen LogP contribution in [0.2, 0.25) is 0 Å². The van der Waals surface area contributed by atoms with E-state index in [1.54, 1.807) is 13.1 Å². The Balaban J connectivity index is 2.09. The molecule has 1 heterocycles. The van der Waals surface area contributed by atoms with Crippen LogP contribution in [0.3, 0.4) is 0 Å². The summed E-state index contributed by atoms with van der Waals surface area (Å²) in [7, 11) is -1.64. The van der Waals surface area contributed by atoms with Crippen LogP contribution in [-0.4, -0.2) is 31.9 Å². The predicted octanol–water partition coefficient (Wildman–Crippen LogP) is 2.67. The second kappa shape index (κ2) is 6.13. The molecule has 1 aromatic rings. The fraction of sp³-hybridized carbons (Fsp3) is 0.714. The van der Waals surface area contributed by atoms with Gasteiger partial charge < -0.3 is 5.32 Å². The molecule has 114 valence electrons. The summed E-state index contributed by atoms with van der Waals surface area (Å²) in [5.41, 5.74) is 0. The maximum absolute atomic E-state index is 12.6. The largest absolute Gasteiger partial charge is 0.310 e. The smallest absolute Gasteiger partial charge is 0.252 e. The first-order valence-corrected chi connectivity index (χ1v) is 9.38. The van der Waals surface area contributed by atoms with Crippen molar-refractivity contribution >= 4 is 21.4 Å². The molecule has 2 rings (SSSR count). The minimum atomic E-state index is -3.34. The first-order valence-electron chi connectivity index (χ1n) is 7.12. The van der Waals surface area contributed by atoms with Crippen molar-refractivity contribution in [3.63, 3.8) is 0 Å². The maximum atomic E-state index is 12.6. The lowest BCUT2D eigenvalue weighted by Gasteiger charge is -2.23. The Morgan fingerprint density at radius 3 is 2.55 bits per heavy atom. The Bertz CT molecular complexity index is 547. The van der Waals surface area contributed by atoms with E-state index >= 15 is 0 Å². The van der Waals surface area contributed by atoms with Gasteiger partial charge in [0.1, 0.15) is 4.21 Å². The van der Waals surface area contributed by atoms with Crippen LogP contribution in [0.25, 0.3) is 0 Å². The van der Waals surface area contributed by atoms with Crippen LogP contribution in [0.15, 0.2) is 16.3 Å². The van der Waals surface area contributed by atoms with Crippen molar-refractivity contribution in [2.75, 3.05) is 7.05 Å². The first-order chi connectivity index (χ1) is 9.32. The predicted molar refractivity (Wildman–Crippen MR) is 83.4 cm³/mol. The minimum Gasteiger partial charge on any atom is -0.310 e. The monoisotopic (exact) mass is 316 g/mol. The molecule has 6 heteroatoms. The first kappa shape index (κ1) is 15.9. The van der Waals surface area contributed by atoms with Gasteiger partial charge in [-0.2, -0.15) is 4.31 Å². The zero-order chi connectivity index (χ0) is 14.9. The molecule has 0 bridgehead atoms. The normalized spacial score (nSPS) is 17.9. The van der Waals surface area contributed by atoms with Gasteiger partial charge in [0.25, 0.3) is 10.0 Å². The minimum absolute atomic E-state index is 0.0966. The van der Waals surface area contributed by atoms with Crippen LogP contribution in [0.1, 0.15) is 38.5 Å². The Kier molecular flexibility index (Phi) is 4.89. The molecule has 0 radical (unpaired) electrons. The van der Waals surface area contributed by atoms with Gasteiger partial charge in [0, 0.05) is 30.6 Å². The van der Waals surface area contributed by atoms with Gasteiger partial charge in [-0.15, -0.1) is 11.3 Å². The van der Waals surface area contributed by atoms with Crippen molar-refractivity contribution < 1.29 is 8.42 Å². The highest BCUT2D eigenvalue weighted by atomic mass is 32.2. The van der Waals surface area contributed by atoms with Gasteiger partial charge in [0.15, 0.2) is 0 Å². The third kappa shape index (κ3) is 3.61. The van der Waals surface area contributed by atoms with E-state index in [2.05, 4.69) is 19.2 Å². The zero-order valence-electron chi connectivity index (χ0n) is 12.6. The Hall–Kier alpha value is -0.430. The summed E-state index contributed by atoms with van der Waals surface area (Å²) in [6.07, 6.45) is 2.30. The third-order valence-electron chi connectivity index (χ3n) is 3.83. The second-order valence-electron chi connectivity index (χ2n) is 5.86. The number of nitrogens with zero attached hydrogens (tertiary/aromatic N) is 1. The van der Waals surface area contributed by atoms with Gasteiger partial charge in [-0.05, 0) is 37.8 Å². The molecule has 0 aliphatic heterocycles. The number of nitrogens with one attached hydrogen (secondary N) is 1. The summed E-state index contributed by atoms with van der Waals surface area (Å²) in [5.74, 6) is 0.539. The van der Waals surface area contributed by atoms with E-state index < -0.39 is 10.0 Å². The molecule has 0 saturated heterocycles. The Morgan fingerprint density at radius 1 is 1.35 bits per heavy atom. The number of rotatable bonds is 7. The fourth-order valence-electron chi connectivity index (χ4n) is 2.13. The van der Waals surface area contributed by atoms with Crippen molar-refractivity contribution in [1.29, 1.82) is 0 Å². The maximum Gasteiger partial charge on any atom is 0.252 e. The van der Waals surface area contributed by atoms with E-state index in [1.807, 2.05) is 13.0 Å². The molecule has 1 aliphatic carbocycles. The molecule has 0 spiro atoms. The molecule has 0 amide bonds. The Labute approximate surface area is 126 Å². The molecule has 4 nitrogen and oxygen atoms in total. The summed E-state index contributed by atoms with van der Waals surface area (Å²) in [6, 6.07) is 4.13. The molecular formula is C14H24N2O2S2. The van der Waals surface area contributed by atoms with Crippen LogP contribution in [0.5, 0.6) is 0 Å². The summed E-state index contributed by atoms with van der Waals surface area (Å²) < 4.78 is 27.1. The molecule has 1 aromatic heterocycles. The number of sulfonamides is 1. The molecular weight excluding hydrogens is 292 g/mol. The molecule has 1 fully saturated rings. The summed E-state index contributed by atoms with van der Waals surface area (Å²) in [4.78, 5) is 1.06.